The van der Waals surface area contributed by atoms with Crippen LogP contribution >= 0.6 is 11.3 Å². The molecular formula is C11H11N3O2S. The van der Waals surface area contributed by atoms with Gasteiger partial charge >= 0.3 is 0 Å². The Hall–Kier alpha value is -1.59. The molecule has 0 radical (unpaired) electrons. The zero-order chi connectivity index (χ0) is 12.3. The van der Waals surface area contributed by atoms with Crippen molar-refractivity contribution in [2.24, 2.45) is 5.11 Å². The van der Waals surface area contributed by atoms with Crippen molar-refractivity contribution in [3.05, 3.63) is 45.7 Å². The zero-order valence-electron chi connectivity index (χ0n) is 8.89. The van der Waals surface area contributed by atoms with Crippen LogP contribution in [-0.4, -0.2) is 22.9 Å². The number of rotatable bonds is 4. The number of aliphatic hydroxyl groups is 2. The molecule has 6 heteroatoms. The fraction of sp³-hybridized carbons (Fsp3) is 0.273. The molecular weight excluding hydrogens is 238 g/mol. The van der Waals surface area contributed by atoms with Crippen LogP contribution < -0.4 is 0 Å². The second kappa shape index (κ2) is 5.16. The van der Waals surface area contributed by atoms with Crippen LogP contribution in [0, 0.1) is 0 Å². The molecule has 0 aliphatic carbocycles. The van der Waals surface area contributed by atoms with Gasteiger partial charge in [-0.25, -0.2) is 0 Å². The summed E-state index contributed by atoms with van der Waals surface area (Å²) in [6.45, 7) is -0.141. The lowest BCUT2D eigenvalue weighted by molar-refractivity contribution is 0.0253. The van der Waals surface area contributed by atoms with E-state index in [9.17, 15) is 10.2 Å². The van der Waals surface area contributed by atoms with E-state index in [1.54, 1.807) is 17.4 Å². The fourth-order valence-corrected chi connectivity index (χ4v) is 2.52. The molecule has 2 unspecified atom stereocenters. The minimum atomic E-state index is -1.09. The zero-order valence-corrected chi connectivity index (χ0v) is 9.71. The third-order valence-electron chi connectivity index (χ3n) is 2.54. The first kappa shape index (κ1) is 11.9. The molecule has 2 aromatic rings. The van der Waals surface area contributed by atoms with Gasteiger partial charge in [0.2, 0.25) is 0 Å². The van der Waals surface area contributed by atoms with Gasteiger partial charge in [0.05, 0.1) is 12.6 Å². The molecule has 0 saturated carbocycles. The Morgan fingerprint density at radius 3 is 2.94 bits per heavy atom. The molecule has 88 valence electrons. The van der Waals surface area contributed by atoms with Crippen molar-refractivity contribution in [2.45, 2.75) is 12.2 Å². The van der Waals surface area contributed by atoms with E-state index in [1.165, 1.54) is 0 Å². The maximum absolute atomic E-state index is 10.0. The highest BCUT2D eigenvalue weighted by Crippen LogP contribution is 2.29. The van der Waals surface area contributed by atoms with Gasteiger partial charge in [0.25, 0.3) is 0 Å². The molecule has 1 heterocycles. The summed E-state index contributed by atoms with van der Waals surface area (Å²) in [5, 5.41) is 25.8. The fourth-order valence-electron chi connectivity index (χ4n) is 1.70. The van der Waals surface area contributed by atoms with Crippen LogP contribution in [0.1, 0.15) is 11.7 Å². The van der Waals surface area contributed by atoms with Gasteiger partial charge in [0, 0.05) is 9.61 Å². The minimum Gasteiger partial charge on any atom is -0.390 e. The van der Waals surface area contributed by atoms with Crippen LogP contribution in [0.4, 0.5) is 0 Å². The summed E-state index contributed by atoms with van der Waals surface area (Å²) < 4.78 is 1.05. The molecule has 0 fully saturated rings. The number of hydrogen-bond donors (Lipinski definition) is 2. The van der Waals surface area contributed by atoms with Crippen LogP contribution in [0.3, 0.4) is 0 Å². The van der Waals surface area contributed by atoms with Crippen LogP contribution in [0.15, 0.2) is 34.8 Å². The predicted octanol–water partition coefficient (Wildman–Crippen LogP) is 2.61. The summed E-state index contributed by atoms with van der Waals surface area (Å²) >= 11 is 1.57. The first-order chi connectivity index (χ1) is 8.24. The molecule has 2 atom stereocenters. The third-order valence-corrected chi connectivity index (χ3v) is 3.43. The van der Waals surface area contributed by atoms with Gasteiger partial charge in [-0.3, -0.25) is 0 Å². The van der Waals surface area contributed by atoms with E-state index in [1.807, 2.05) is 23.6 Å². The Kier molecular flexibility index (Phi) is 3.61. The van der Waals surface area contributed by atoms with E-state index in [-0.39, 0.29) is 6.54 Å². The number of thiophene rings is 1. The summed E-state index contributed by atoms with van der Waals surface area (Å²) in [5.41, 5.74) is 8.83. The highest BCUT2D eigenvalue weighted by Gasteiger charge is 2.19. The quantitative estimate of drug-likeness (QED) is 0.495. The Morgan fingerprint density at radius 1 is 1.35 bits per heavy atom. The summed E-state index contributed by atoms with van der Waals surface area (Å²) in [4.78, 5) is 2.56. The summed E-state index contributed by atoms with van der Waals surface area (Å²) in [6, 6.07) is 7.45. The second-order valence-corrected chi connectivity index (χ2v) is 4.55. The third kappa shape index (κ3) is 2.40. The minimum absolute atomic E-state index is 0.141. The van der Waals surface area contributed by atoms with Crippen molar-refractivity contribution < 1.29 is 10.2 Å². The number of nitrogens with zero attached hydrogens (tertiary/aromatic N) is 3. The van der Waals surface area contributed by atoms with Gasteiger partial charge in [-0.05, 0) is 34.0 Å². The molecule has 5 nitrogen and oxygen atoms in total. The average molecular weight is 249 g/mol. The van der Waals surface area contributed by atoms with Crippen LogP contribution in [0.25, 0.3) is 20.5 Å². The van der Waals surface area contributed by atoms with E-state index in [0.29, 0.717) is 5.56 Å². The van der Waals surface area contributed by atoms with Gasteiger partial charge in [-0.1, -0.05) is 17.2 Å². The normalized spacial score (nSPS) is 14.2. The number of benzene rings is 1. The number of azide groups is 1. The first-order valence-electron chi connectivity index (χ1n) is 5.07. The molecule has 17 heavy (non-hydrogen) atoms. The molecule has 0 spiro atoms. The number of aliphatic hydroxyl groups excluding tert-OH is 2. The monoisotopic (exact) mass is 249 g/mol. The van der Waals surface area contributed by atoms with Crippen molar-refractivity contribution in [1.29, 1.82) is 0 Å². The van der Waals surface area contributed by atoms with Crippen LogP contribution in [0.5, 0.6) is 0 Å². The van der Waals surface area contributed by atoms with Gasteiger partial charge < -0.3 is 10.2 Å². The topological polar surface area (TPSA) is 89.2 Å². The highest BCUT2D eigenvalue weighted by atomic mass is 32.1. The molecule has 0 aliphatic heterocycles. The van der Waals surface area contributed by atoms with Crippen LogP contribution in [-0.2, 0) is 0 Å². The van der Waals surface area contributed by atoms with Crippen molar-refractivity contribution >= 4 is 21.4 Å². The molecule has 0 aliphatic rings. The van der Waals surface area contributed by atoms with E-state index in [0.717, 1.165) is 10.1 Å². The van der Waals surface area contributed by atoms with E-state index in [2.05, 4.69) is 10.0 Å². The smallest absolute Gasteiger partial charge is 0.106 e. The molecule has 2 rings (SSSR count). The molecule has 0 amide bonds. The second-order valence-electron chi connectivity index (χ2n) is 3.61. The summed E-state index contributed by atoms with van der Waals surface area (Å²) in [5.74, 6) is 0. The Morgan fingerprint density at radius 2 is 2.18 bits per heavy atom. The van der Waals surface area contributed by atoms with Crippen molar-refractivity contribution in [2.75, 3.05) is 6.54 Å². The van der Waals surface area contributed by atoms with Crippen LogP contribution in [0.2, 0.25) is 0 Å². The number of hydrogen-bond acceptors (Lipinski definition) is 4. The van der Waals surface area contributed by atoms with Gasteiger partial charge in [-0.15, -0.1) is 11.3 Å². The summed E-state index contributed by atoms with van der Waals surface area (Å²) in [6.07, 6.45) is -2.13. The predicted molar refractivity (Wildman–Crippen MR) is 66.8 cm³/mol. The molecule has 0 saturated heterocycles. The average Bonchev–Trinajstić information content (AvgIpc) is 2.82. The first-order valence-corrected chi connectivity index (χ1v) is 5.95. The Labute approximate surface area is 102 Å². The van der Waals surface area contributed by atoms with Crippen molar-refractivity contribution in [3.63, 3.8) is 0 Å². The molecule has 1 aromatic carbocycles. The lowest BCUT2D eigenvalue weighted by Crippen LogP contribution is -2.21. The number of fused-ring (bicyclic) bond motifs is 1. The van der Waals surface area contributed by atoms with E-state index in [4.69, 9.17) is 5.53 Å². The van der Waals surface area contributed by atoms with Crippen molar-refractivity contribution in [1.82, 2.24) is 0 Å². The molecule has 0 bridgehead atoms. The molecule has 1 aromatic heterocycles. The van der Waals surface area contributed by atoms with Gasteiger partial charge in [0.1, 0.15) is 6.10 Å². The SMILES string of the molecule is [N-]=[N+]=NCC(O)C(O)c1cccc2sccc12. The lowest BCUT2D eigenvalue weighted by Gasteiger charge is -2.17. The van der Waals surface area contributed by atoms with E-state index < -0.39 is 12.2 Å². The Bertz CT molecular complexity index is 563. The maximum atomic E-state index is 10.0. The lowest BCUT2D eigenvalue weighted by atomic mass is 10.0. The molecule has 2 N–H and O–H groups in total. The van der Waals surface area contributed by atoms with Crippen molar-refractivity contribution in [3.8, 4) is 0 Å². The standard InChI is InChI=1S/C11H11N3O2S/c12-14-13-6-9(15)11(16)8-2-1-3-10-7(8)4-5-17-10/h1-5,9,11,15-16H,6H2. The highest BCUT2D eigenvalue weighted by molar-refractivity contribution is 7.17. The summed E-state index contributed by atoms with van der Waals surface area (Å²) in [7, 11) is 0. The Balaban J connectivity index is 2.32. The largest absolute Gasteiger partial charge is 0.390 e. The van der Waals surface area contributed by atoms with Gasteiger partial charge in [0.15, 0.2) is 0 Å². The maximum Gasteiger partial charge on any atom is 0.106 e. The van der Waals surface area contributed by atoms with E-state index >= 15 is 0 Å². The van der Waals surface area contributed by atoms with Gasteiger partial charge in [-0.2, -0.15) is 0 Å².